The van der Waals surface area contributed by atoms with Crippen molar-refractivity contribution in [3.63, 3.8) is 0 Å². The minimum absolute atomic E-state index is 0.0133. The summed E-state index contributed by atoms with van der Waals surface area (Å²) in [6, 6.07) is 20.6. The Hall–Kier alpha value is -3.27. The first-order valence-corrected chi connectivity index (χ1v) is 8.97. The molecule has 0 aliphatic rings. The fourth-order valence-corrected chi connectivity index (χ4v) is 2.90. The predicted molar refractivity (Wildman–Crippen MR) is 104 cm³/mol. The first-order valence-electron chi connectivity index (χ1n) is 8.97. The lowest BCUT2D eigenvalue weighted by Gasteiger charge is -2.08. The van der Waals surface area contributed by atoms with Gasteiger partial charge in [-0.2, -0.15) is 4.57 Å². The Morgan fingerprint density at radius 1 is 0.889 bits per heavy atom. The molecule has 2 aromatic carbocycles. The maximum absolute atomic E-state index is 12.9. The van der Waals surface area contributed by atoms with Crippen LogP contribution in [0.2, 0.25) is 0 Å². The van der Waals surface area contributed by atoms with Gasteiger partial charge in [-0.05, 0) is 24.1 Å². The first-order chi connectivity index (χ1) is 13.1. The van der Waals surface area contributed by atoms with E-state index in [0.29, 0.717) is 17.7 Å². The summed E-state index contributed by atoms with van der Waals surface area (Å²) in [4.78, 5) is 24.8. The van der Waals surface area contributed by atoms with Crippen LogP contribution in [0.5, 0.6) is 0 Å². The normalized spacial score (nSPS) is 11.6. The van der Waals surface area contributed by atoms with Gasteiger partial charge in [0.25, 0.3) is 0 Å². The number of ether oxygens (including phenoxy) is 1. The molecular formula is C23H22NO3+. The molecule has 1 atom stereocenters. The lowest BCUT2D eigenvalue weighted by Crippen LogP contribution is -2.42. The predicted octanol–water partition coefficient (Wildman–Crippen LogP) is 4.26. The molecule has 0 aliphatic heterocycles. The molecule has 0 saturated heterocycles. The molecule has 0 spiro atoms. The first kappa shape index (κ1) is 18.5. The van der Waals surface area contributed by atoms with Crippen molar-refractivity contribution in [1.29, 1.82) is 0 Å². The molecule has 1 aromatic heterocycles. The third kappa shape index (κ3) is 4.29. The summed E-state index contributed by atoms with van der Waals surface area (Å²) in [6.07, 6.45) is 3.43. The van der Waals surface area contributed by atoms with Crippen molar-refractivity contribution in [2.75, 3.05) is 6.61 Å². The van der Waals surface area contributed by atoms with Gasteiger partial charge in [-0.15, -0.1) is 0 Å². The van der Waals surface area contributed by atoms with Gasteiger partial charge in [-0.3, -0.25) is 4.79 Å². The number of rotatable bonds is 6. The maximum atomic E-state index is 12.9. The number of carbonyl (C=O) groups excluding carboxylic acids is 2. The van der Waals surface area contributed by atoms with E-state index in [2.05, 4.69) is 0 Å². The second-order valence-electron chi connectivity index (χ2n) is 6.24. The molecule has 0 radical (unpaired) electrons. The van der Waals surface area contributed by atoms with Gasteiger partial charge in [-0.1, -0.05) is 54.6 Å². The molecule has 136 valence electrons. The Balaban J connectivity index is 1.79. The highest BCUT2D eigenvalue weighted by atomic mass is 16.5. The molecule has 0 fully saturated rings. The molecule has 4 nitrogen and oxygen atoms in total. The van der Waals surface area contributed by atoms with E-state index in [0.717, 1.165) is 11.1 Å². The van der Waals surface area contributed by atoms with Crippen LogP contribution < -0.4 is 4.57 Å². The van der Waals surface area contributed by atoms with E-state index in [9.17, 15) is 9.59 Å². The standard InChI is InChI=1S/C23H22NO3/c1-3-27-23(26)21-10-7-15-24(16-21)17(2)22(25)20-13-11-19(12-14-20)18-8-5-4-6-9-18/h4-17H,3H2,1-2H3/q+1/t17-/m0/s1. The molecular weight excluding hydrogens is 338 g/mol. The molecule has 0 aliphatic carbocycles. The number of hydrogen-bond donors (Lipinski definition) is 0. The van der Waals surface area contributed by atoms with Crippen LogP contribution >= 0.6 is 0 Å². The molecule has 0 saturated carbocycles. The summed E-state index contributed by atoms with van der Waals surface area (Å²) in [6.45, 7) is 3.90. The topological polar surface area (TPSA) is 47.2 Å². The van der Waals surface area contributed by atoms with Crippen molar-refractivity contribution < 1.29 is 18.9 Å². The Morgan fingerprint density at radius 3 is 2.22 bits per heavy atom. The molecule has 0 bridgehead atoms. The summed E-state index contributed by atoms with van der Waals surface area (Å²) in [5.41, 5.74) is 3.24. The van der Waals surface area contributed by atoms with Crippen molar-refractivity contribution in [3.05, 3.63) is 90.3 Å². The van der Waals surface area contributed by atoms with Crippen molar-refractivity contribution in [2.24, 2.45) is 0 Å². The fraction of sp³-hybridized carbons (Fsp3) is 0.174. The van der Waals surface area contributed by atoms with E-state index >= 15 is 0 Å². The number of nitrogens with zero attached hydrogens (tertiary/aromatic N) is 1. The number of Topliss-reactive ketones (excluding diaryl/α,β-unsaturated/α-hetero) is 1. The summed E-state index contributed by atoms with van der Waals surface area (Å²) >= 11 is 0. The smallest absolute Gasteiger partial charge is 0.344 e. The number of ketones is 1. The molecule has 0 N–H and O–H groups in total. The van der Waals surface area contributed by atoms with E-state index in [1.165, 1.54) is 0 Å². The minimum Gasteiger partial charge on any atom is -0.462 e. The largest absolute Gasteiger partial charge is 0.462 e. The average Bonchev–Trinajstić information content (AvgIpc) is 2.73. The summed E-state index contributed by atoms with van der Waals surface area (Å²) < 4.78 is 6.76. The van der Waals surface area contributed by atoms with Crippen LogP contribution in [0.15, 0.2) is 79.1 Å². The lowest BCUT2D eigenvalue weighted by molar-refractivity contribution is -0.704. The van der Waals surface area contributed by atoms with E-state index in [1.807, 2.05) is 61.5 Å². The zero-order chi connectivity index (χ0) is 19.2. The van der Waals surface area contributed by atoms with Crippen LogP contribution in [0.3, 0.4) is 0 Å². The highest BCUT2D eigenvalue weighted by Crippen LogP contribution is 2.20. The lowest BCUT2D eigenvalue weighted by atomic mass is 10.00. The van der Waals surface area contributed by atoms with E-state index in [4.69, 9.17) is 4.74 Å². The molecule has 0 amide bonds. The second-order valence-corrected chi connectivity index (χ2v) is 6.24. The van der Waals surface area contributed by atoms with Crippen molar-refractivity contribution in [1.82, 2.24) is 0 Å². The molecule has 4 heteroatoms. The Kier molecular flexibility index (Phi) is 5.77. The fourth-order valence-electron chi connectivity index (χ4n) is 2.90. The maximum Gasteiger partial charge on any atom is 0.344 e. The van der Waals surface area contributed by atoms with Crippen LogP contribution in [-0.2, 0) is 4.74 Å². The SMILES string of the molecule is CCOC(=O)c1ccc[n+]([C@@H](C)C(=O)c2ccc(-c3ccccc3)cc2)c1. The molecule has 3 rings (SSSR count). The number of carbonyl (C=O) groups is 2. The minimum atomic E-state index is -0.429. The number of aromatic nitrogens is 1. The van der Waals surface area contributed by atoms with Crippen molar-refractivity contribution in [3.8, 4) is 11.1 Å². The van der Waals surface area contributed by atoms with Gasteiger partial charge >= 0.3 is 5.97 Å². The summed E-state index contributed by atoms with van der Waals surface area (Å²) in [5, 5.41) is 0. The monoisotopic (exact) mass is 360 g/mol. The van der Waals surface area contributed by atoms with E-state index in [1.54, 1.807) is 36.0 Å². The number of benzene rings is 2. The van der Waals surface area contributed by atoms with Gasteiger partial charge in [0, 0.05) is 18.6 Å². The summed E-state index contributed by atoms with van der Waals surface area (Å²) in [5.74, 6) is -0.403. The molecule has 1 heterocycles. The number of hydrogen-bond acceptors (Lipinski definition) is 3. The van der Waals surface area contributed by atoms with Crippen LogP contribution in [-0.4, -0.2) is 18.4 Å². The quantitative estimate of drug-likeness (QED) is 0.375. The average molecular weight is 360 g/mol. The van der Waals surface area contributed by atoms with E-state index in [-0.39, 0.29) is 5.78 Å². The number of pyridine rings is 1. The number of esters is 1. The summed E-state index contributed by atoms with van der Waals surface area (Å²) in [7, 11) is 0. The zero-order valence-corrected chi connectivity index (χ0v) is 15.5. The highest BCUT2D eigenvalue weighted by Gasteiger charge is 2.24. The van der Waals surface area contributed by atoms with Gasteiger partial charge < -0.3 is 4.74 Å². The van der Waals surface area contributed by atoms with Crippen LogP contribution in [0.25, 0.3) is 11.1 Å². The zero-order valence-electron chi connectivity index (χ0n) is 15.5. The second kappa shape index (κ2) is 8.41. The third-order valence-electron chi connectivity index (χ3n) is 4.44. The van der Waals surface area contributed by atoms with Crippen LogP contribution in [0.4, 0.5) is 0 Å². The van der Waals surface area contributed by atoms with Gasteiger partial charge in [0.15, 0.2) is 12.4 Å². The molecule has 27 heavy (non-hydrogen) atoms. The Bertz CT molecular complexity index is 933. The van der Waals surface area contributed by atoms with Crippen molar-refractivity contribution >= 4 is 11.8 Å². The highest BCUT2D eigenvalue weighted by molar-refractivity contribution is 5.98. The molecule has 0 unspecified atom stereocenters. The van der Waals surface area contributed by atoms with Crippen molar-refractivity contribution in [2.45, 2.75) is 19.9 Å². The third-order valence-corrected chi connectivity index (χ3v) is 4.44. The van der Waals surface area contributed by atoms with E-state index < -0.39 is 12.0 Å². The van der Waals surface area contributed by atoms with Crippen LogP contribution in [0.1, 0.15) is 40.6 Å². The molecule has 3 aromatic rings. The van der Waals surface area contributed by atoms with Gasteiger partial charge in [0.05, 0.1) is 6.61 Å². The van der Waals surface area contributed by atoms with Crippen LogP contribution in [0, 0.1) is 0 Å². The Labute approximate surface area is 159 Å². The Morgan fingerprint density at radius 2 is 1.56 bits per heavy atom. The van der Waals surface area contributed by atoms with Gasteiger partial charge in [-0.25, -0.2) is 4.79 Å². The van der Waals surface area contributed by atoms with Gasteiger partial charge in [0.2, 0.25) is 11.8 Å². The van der Waals surface area contributed by atoms with Gasteiger partial charge in [0.1, 0.15) is 5.56 Å².